The highest BCUT2D eigenvalue weighted by atomic mass is 16.4. The fourth-order valence-corrected chi connectivity index (χ4v) is 2.07. The predicted molar refractivity (Wildman–Crippen MR) is 61.9 cm³/mol. The van der Waals surface area contributed by atoms with Crippen molar-refractivity contribution in [1.29, 1.82) is 0 Å². The molecule has 0 aromatic heterocycles. The minimum absolute atomic E-state index is 0.0249. The fourth-order valence-electron chi connectivity index (χ4n) is 2.07. The molecule has 7 nitrogen and oxygen atoms in total. The third kappa shape index (κ3) is 2.72. The molecule has 3 N–H and O–H groups in total. The van der Waals surface area contributed by atoms with E-state index < -0.39 is 18.0 Å². The third-order valence-corrected chi connectivity index (χ3v) is 3.41. The fraction of sp³-hybridized carbons (Fsp3) is 0.727. The number of hydrogen-bond donors (Lipinski definition) is 3. The molecule has 3 amide bonds. The predicted octanol–water partition coefficient (Wildman–Crippen LogP) is -0.620. The molecule has 7 heteroatoms. The van der Waals surface area contributed by atoms with Crippen molar-refractivity contribution < 1.29 is 19.5 Å². The summed E-state index contributed by atoms with van der Waals surface area (Å²) < 4.78 is 0. The number of piperazine rings is 1. The summed E-state index contributed by atoms with van der Waals surface area (Å²) >= 11 is 0. The summed E-state index contributed by atoms with van der Waals surface area (Å²) in [6, 6.07) is -1.44. The Morgan fingerprint density at radius 3 is 2.72 bits per heavy atom. The van der Waals surface area contributed by atoms with Gasteiger partial charge in [0.1, 0.15) is 12.6 Å². The Morgan fingerprint density at radius 1 is 1.50 bits per heavy atom. The first-order valence-corrected chi connectivity index (χ1v) is 6.05. The van der Waals surface area contributed by atoms with Gasteiger partial charge in [-0.15, -0.1) is 0 Å². The lowest BCUT2D eigenvalue weighted by molar-refractivity contribution is -0.144. The second-order valence-corrected chi connectivity index (χ2v) is 4.86. The minimum atomic E-state index is -1.11. The highest BCUT2D eigenvalue weighted by molar-refractivity contribution is 5.90. The van der Waals surface area contributed by atoms with Gasteiger partial charge in [-0.05, 0) is 25.7 Å². The summed E-state index contributed by atoms with van der Waals surface area (Å²) in [5.74, 6) is -0.957. The van der Waals surface area contributed by atoms with E-state index in [2.05, 4.69) is 10.6 Å². The van der Waals surface area contributed by atoms with Gasteiger partial charge in [0.25, 0.3) is 0 Å². The summed E-state index contributed by atoms with van der Waals surface area (Å²) in [6.45, 7) is 1.65. The summed E-state index contributed by atoms with van der Waals surface area (Å²) in [6.07, 6.45) is 2.18. The highest BCUT2D eigenvalue weighted by Gasteiger charge is 2.37. The molecule has 2 atom stereocenters. The maximum atomic E-state index is 12.0. The number of carboxylic acid groups (broad SMARTS) is 1. The maximum Gasteiger partial charge on any atom is 0.328 e. The van der Waals surface area contributed by atoms with Crippen molar-refractivity contribution in [2.24, 2.45) is 5.92 Å². The first-order valence-electron chi connectivity index (χ1n) is 6.05. The van der Waals surface area contributed by atoms with E-state index >= 15 is 0 Å². The van der Waals surface area contributed by atoms with Crippen LogP contribution in [-0.2, 0) is 9.59 Å². The van der Waals surface area contributed by atoms with Gasteiger partial charge in [-0.2, -0.15) is 0 Å². The molecule has 0 bridgehead atoms. The van der Waals surface area contributed by atoms with E-state index in [0.717, 1.165) is 17.7 Å². The van der Waals surface area contributed by atoms with Crippen LogP contribution in [0.15, 0.2) is 0 Å². The van der Waals surface area contributed by atoms with Gasteiger partial charge < -0.3 is 15.7 Å². The average Bonchev–Trinajstić information content (AvgIpc) is 3.11. The van der Waals surface area contributed by atoms with E-state index in [1.165, 1.54) is 0 Å². The van der Waals surface area contributed by atoms with E-state index in [-0.39, 0.29) is 25.0 Å². The number of rotatable bonds is 3. The zero-order valence-electron chi connectivity index (χ0n) is 10.2. The molecule has 2 rings (SSSR count). The molecule has 1 aliphatic carbocycles. The molecular formula is C11H17N3O4. The lowest BCUT2D eigenvalue weighted by atomic mass is 10.2. The molecule has 2 aliphatic rings. The largest absolute Gasteiger partial charge is 0.480 e. The number of amides is 3. The van der Waals surface area contributed by atoms with Crippen LogP contribution >= 0.6 is 0 Å². The molecular weight excluding hydrogens is 238 g/mol. The number of aliphatic carboxylic acids is 1. The molecule has 0 aromatic carbocycles. The first-order chi connectivity index (χ1) is 8.49. The van der Waals surface area contributed by atoms with E-state index in [0.29, 0.717) is 5.92 Å². The number of hydrogen-bond acceptors (Lipinski definition) is 3. The van der Waals surface area contributed by atoms with Gasteiger partial charge in [0.2, 0.25) is 5.91 Å². The van der Waals surface area contributed by atoms with Crippen LogP contribution in [0.1, 0.15) is 19.8 Å². The van der Waals surface area contributed by atoms with Crippen LogP contribution in [0.4, 0.5) is 4.79 Å². The van der Waals surface area contributed by atoms with Gasteiger partial charge in [0.15, 0.2) is 0 Å². The normalized spacial score (nSPS) is 25.3. The van der Waals surface area contributed by atoms with Gasteiger partial charge in [0.05, 0.1) is 0 Å². The van der Waals surface area contributed by atoms with Crippen LogP contribution in [0.2, 0.25) is 0 Å². The molecule has 0 spiro atoms. The van der Waals surface area contributed by atoms with Crippen molar-refractivity contribution in [2.75, 3.05) is 13.1 Å². The summed E-state index contributed by atoms with van der Waals surface area (Å²) in [4.78, 5) is 35.3. The Balaban J connectivity index is 1.99. The summed E-state index contributed by atoms with van der Waals surface area (Å²) in [5.41, 5.74) is 0. The molecule has 1 saturated carbocycles. The highest BCUT2D eigenvalue weighted by Crippen LogP contribution is 2.32. The Labute approximate surface area is 105 Å². The monoisotopic (exact) mass is 255 g/mol. The van der Waals surface area contributed by atoms with Gasteiger partial charge in [-0.1, -0.05) is 0 Å². The molecule has 1 heterocycles. The summed E-state index contributed by atoms with van der Waals surface area (Å²) in [5, 5.41) is 14.2. The Morgan fingerprint density at radius 2 is 2.17 bits per heavy atom. The van der Waals surface area contributed by atoms with Gasteiger partial charge in [0, 0.05) is 12.6 Å². The van der Waals surface area contributed by atoms with Crippen LogP contribution in [0.3, 0.4) is 0 Å². The lowest BCUT2D eigenvalue weighted by Gasteiger charge is -2.33. The maximum absolute atomic E-state index is 12.0. The van der Waals surface area contributed by atoms with Crippen LogP contribution in [0, 0.1) is 5.92 Å². The van der Waals surface area contributed by atoms with E-state index in [1.807, 2.05) is 6.92 Å². The van der Waals surface area contributed by atoms with Crippen molar-refractivity contribution in [3.63, 3.8) is 0 Å². The van der Waals surface area contributed by atoms with E-state index in [9.17, 15) is 14.4 Å². The van der Waals surface area contributed by atoms with Crippen molar-refractivity contribution in [3.05, 3.63) is 0 Å². The summed E-state index contributed by atoms with van der Waals surface area (Å²) in [7, 11) is 0. The lowest BCUT2D eigenvalue weighted by Crippen LogP contribution is -2.62. The van der Waals surface area contributed by atoms with Gasteiger partial charge in [-0.3, -0.25) is 9.69 Å². The van der Waals surface area contributed by atoms with Gasteiger partial charge >= 0.3 is 12.0 Å². The molecule has 0 aromatic rings. The van der Waals surface area contributed by atoms with Gasteiger partial charge in [-0.25, -0.2) is 9.59 Å². The van der Waals surface area contributed by atoms with Crippen molar-refractivity contribution in [1.82, 2.24) is 15.5 Å². The number of urea groups is 1. The Hall–Kier alpha value is -1.79. The number of nitrogens with zero attached hydrogens (tertiary/aromatic N) is 1. The standard InChI is InChI=1S/C11H17N3O4/c1-6(7-2-3-7)13-11(18)14-5-9(15)12-4-8(14)10(16)17/h6-8H,2-5H2,1H3,(H,12,15)(H,13,18)(H,16,17). The van der Waals surface area contributed by atoms with E-state index in [1.54, 1.807) is 0 Å². The molecule has 1 saturated heterocycles. The van der Waals surface area contributed by atoms with Crippen LogP contribution in [0.25, 0.3) is 0 Å². The topological polar surface area (TPSA) is 98.7 Å². The van der Waals surface area contributed by atoms with Crippen molar-refractivity contribution in [3.8, 4) is 0 Å². The molecule has 2 unspecified atom stereocenters. The molecule has 0 radical (unpaired) electrons. The molecule has 1 aliphatic heterocycles. The van der Waals surface area contributed by atoms with E-state index in [4.69, 9.17) is 5.11 Å². The minimum Gasteiger partial charge on any atom is -0.480 e. The van der Waals surface area contributed by atoms with Crippen molar-refractivity contribution >= 4 is 17.9 Å². The third-order valence-electron chi connectivity index (χ3n) is 3.41. The van der Waals surface area contributed by atoms with Crippen LogP contribution < -0.4 is 10.6 Å². The number of nitrogens with one attached hydrogen (secondary N) is 2. The molecule has 100 valence electrons. The second kappa shape index (κ2) is 4.83. The zero-order valence-corrected chi connectivity index (χ0v) is 10.2. The number of carboxylic acids is 1. The second-order valence-electron chi connectivity index (χ2n) is 4.86. The quantitative estimate of drug-likeness (QED) is 0.626. The Bertz CT molecular complexity index is 380. The van der Waals surface area contributed by atoms with Crippen LogP contribution in [-0.4, -0.2) is 53.1 Å². The van der Waals surface area contributed by atoms with Crippen molar-refractivity contribution in [2.45, 2.75) is 31.8 Å². The smallest absolute Gasteiger partial charge is 0.328 e. The first kappa shape index (κ1) is 12.7. The molecule has 18 heavy (non-hydrogen) atoms. The van der Waals surface area contributed by atoms with Crippen LogP contribution in [0.5, 0.6) is 0 Å². The average molecular weight is 255 g/mol. The zero-order chi connectivity index (χ0) is 13.3. The number of carbonyl (C=O) groups excluding carboxylic acids is 2. The SMILES string of the molecule is CC(NC(=O)N1CC(=O)NCC1C(=O)O)C1CC1. The molecule has 2 fully saturated rings. The number of carbonyl (C=O) groups is 3. The Kier molecular flexibility index (Phi) is 3.40.